The van der Waals surface area contributed by atoms with E-state index in [1.807, 2.05) is 6.07 Å². The molecule has 108 valence electrons. The van der Waals surface area contributed by atoms with Crippen molar-refractivity contribution >= 4 is 0 Å². The van der Waals surface area contributed by atoms with Gasteiger partial charge in [-0.2, -0.15) is 0 Å². The zero-order valence-electron chi connectivity index (χ0n) is 12.4. The summed E-state index contributed by atoms with van der Waals surface area (Å²) < 4.78 is 13.4. The number of hydrogen-bond donors (Lipinski definition) is 0. The summed E-state index contributed by atoms with van der Waals surface area (Å²) in [5, 5.41) is 4.78. The number of halogens is 1. The first-order chi connectivity index (χ1) is 9.47. The molecule has 2 fully saturated rings. The summed E-state index contributed by atoms with van der Waals surface area (Å²) in [7, 11) is 0. The van der Waals surface area contributed by atoms with Gasteiger partial charge in [0.2, 0.25) is 0 Å². The zero-order valence-corrected chi connectivity index (χ0v) is 12.4. The van der Waals surface area contributed by atoms with Crippen LogP contribution in [0.25, 0.3) is 0 Å². The average molecular weight is 274 g/mol. The smallest absolute Gasteiger partial charge is 0.123 e. The van der Waals surface area contributed by atoms with E-state index in [0.29, 0.717) is 6.04 Å². The van der Waals surface area contributed by atoms with Crippen molar-refractivity contribution in [2.45, 2.75) is 57.7 Å². The Labute approximate surface area is 120 Å². The Bertz CT molecular complexity index is 523. The van der Waals surface area contributed by atoms with Crippen molar-refractivity contribution in [3.05, 3.63) is 47.9 Å². The minimum absolute atomic E-state index is 0.164. The Morgan fingerprint density at radius 1 is 1.35 bits per heavy atom. The van der Waals surface area contributed by atoms with E-state index in [1.165, 1.54) is 25.3 Å². The first-order valence-corrected chi connectivity index (χ1v) is 7.46. The molecule has 0 spiro atoms. The lowest BCUT2D eigenvalue weighted by atomic mass is 10.0. The second-order valence-electron chi connectivity index (χ2n) is 6.64. The van der Waals surface area contributed by atoms with E-state index in [1.54, 1.807) is 12.1 Å². The van der Waals surface area contributed by atoms with Crippen molar-refractivity contribution in [2.24, 2.45) is 0 Å². The quantitative estimate of drug-likeness (QED) is 0.801. The highest BCUT2D eigenvalue weighted by Crippen LogP contribution is 2.42. The SMILES string of the molecule is C=C1CCC2CCC(C)(C)N2N1Cc1cccc(F)c1. The largest absolute Gasteiger partial charge is 0.305 e. The summed E-state index contributed by atoms with van der Waals surface area (Å²) in [5.41, 5.74) is 2.33. The molecule has 20 heavy (non-hydrogen) atoms. The van der Waals surface area contributed by atoms with Crippen molar-refractivity contribution < 1.29 is 4.39 Å². The maximum absolute atomic E-state index is 13.4. The lowest BCUT2D eigenvalue weighted by Gasteiger charge is -2.49. The molecule has 2 nitrogen and oxygen atoms in total. The number of allylic oxidation sites excluding steroid dienone is 1. The summed E-state index contributed by atoms with van der Waals surface area (Å²) in [6.07, 6.45) is 4.71. The molecule has 3 heteroatoms. The summed E-state index contributed by atoms with van der Waals surface area (Å²) in [6.45, 7) is 9.54. The monoisotopic (exact) mass is 274 g/mol. The molecule has 0 bridgehead atoms. The first-order valence-electron chi connectivity index (χ1n) is 7.46. The molecule has 0 N–H and O–H groups in total. The van der Waals surface area contributed by atoms with Gasteiger partial charge in [0.1, 0.15) is 5.82 Å². The minimum Gasteiger partial charge on any atom is -0.305 e. The lowest BCUT2D eigenvalue weighted by Crippen LogP contribution is -2.55. The van der Waals surface area contributed by atoms with Crippen LogP contribution < -0.4 is 0 Å². The molecule has 3 rings (SSSR count). The molecule has 1 unspecified atom stereocenters. The van der Waals surface area contributed by atoms with E-state index < -0.39 is 0 Å². The molecule has 2 saturated heterocycles. The zero-order chi connectivity index (χ0) is 14.3. The third-order valence-corrected chi connectivity index (χ3v) is 4.67. The molecule has 0 aromatic heterocycles. The van der Waals surface area contributed by atoms with Crippen LogP contribution in [0.2, 0.25) is 0 Å². The van der Waals surface area contributed by atoms with E-state index in [9.17, 15) is 4.39 Å². The number of fused-ring (bicyclic) bond motifs is 1. The molecule has 0 saturated carbocycles. The fourth-order valence-corrected chi connectivity index (χ4v) is 3.65. The van der Waals surface area contributed by atoms with Crippen LogP contribution >= 0.6 is 0 Å². The highest BCUT2D eigenvalue weighted by atomic mass is 19.1. The van der Waals surface area contributed by atoms with Gasteiger partial charge in [-0.3, -0.25) is 0 Å². The van der Waals surface area contributed by atoms with E-state index in [0.717, 1.165) is 24.2 Å². The molecular formula is C17H23FN2. The third-order valence-electron chi connectivity index (χ3n) is 4.67. The Morgan fingerprint density at radius 3 is 2.90 bits per heavy atom. The average Bonchev–Trinajstić information content (AvgIpc) is 2.69. The first kappa shape index (κ1) is 13.6. The van der Waals surface area contributed by atoms with Crippen LogP contribution in [-0.4, -0.2) is 21.6 Å². The number of rotatable bonds is 2. The molecular weight excluding hydrogens is 251 g/mol. The molecule has 0 radical (unpaired) electrons. The second-order valence-corrected chi connectivity index (χ2v) is 6.64. The van der Waals surface area contributed by atoms with Gasteiger partial charge in [-0.1, -0.05) is 18.7 Å². The molecule has 2 aliphatic heterocycles. The Balaban J connectivity index is 1.87. The molecule has 2 heterocycles. The van der Waals surface area contributed by atoms with Crippen LogP contribution in [0.4, 0.5) is 4.39 Å². The van der Waals surface area contributed by atoms with Crippen molar-refractivity contribution in [3.8, 4) is 0 Å². The number of hydrazine groups is 1. The van der Waals surface area contributed by atoms with Crippen molar-refractivity contribution in [1.29, 1.82) is 0 Å². The Hall–Kier alpha value is -1.35. The van der Waals surface area contributed by atoms with Crippen LogP contribution in [0.1, 0.15) is 45.1 Å². The van der Waals surface area contributed by atoms with E-state index in [2.05, 4.69) is 30.4 Å². The number of benzene rings is 1. The fourth-order valence-electron chi connectivity index (χ4n) is 3.65. The van der Waals surface area contributed by atoms with Gasteiger partial charge in [0.15, 0.2) is 0 Å². The van der Waals surface area contributed by atoms with Gasteiger partial charge in [0.25, 0.3) is 0 Å². The van der Waals surface area contributed by atoms with E-state index >= 15 is 0 Å². The highest BCUT2D eigenvalue weighted by molar-refractivity contribution is 5.18. The lowest BCUT2D eigenvalue weighted by molar-refractivity contribution is -0.100. The van der Waals surface area contributed by atoms with E-state index in [4.69, 9.17) is 0 Å². The third kappa shape index (κ3) is 2.35. The molecule has 1 aromatic carbocycles. The van der Waals surface area contributed by atoms with Crippen LogP contribution in [0, 0.1) is 5.82 Å². The minimum atomic E-state index is -0.164. The normalized spacial score (nSPS) is 25.9. The van der Waals surface area contributed by atoms with Gasteiger partial charge < -0.3 is 5.01 Å². The van der Waals surface area contributed by atoms with Gasteiger partial charge >= 0.3 is 0 Å². The van der Waals surface area contributed by atoms with Gasteiger partial charge in [-0.25, -0.2) is 9.40 Å². The van der Waals surface area contributed by atoms with E-state index in [-0.39, 0.29) is 11.4 Å². The topological polar surface area (TPSA) is 6.48 Å². The van der Waals surface area contributed by atoms with Crippen LogP contribution in [0.5, 0.6) is 0 Å². The fraction of sp³-hybridized carbons (Fsp3) is 0.529. The summed E-state index contributed by atoms with van der Waals surface area (Å²) in [4.78, 5) is 0. The maximum atomic E-state index is 13.4. The van der Waals surface area contributed by atoms with Crippen molar-refractivity contribution in [1.82, 2.24) is 10.0 Å². The molecule has 2 aliphatic rings. The Morgan fingerprint density at radius 2 is 2.15 bits per heavy atom. The molecule has 0 amide bonds. The van der Waals surface area contributed by atoms with Gasteiger partial charge in [0.05, 0.1) is 6.54 Å². The van der Waals surface area contributed by atoms with Crippen molar-refractivity contribution in [2.75, 3.05) is 0 Å². The number of nitrogens with zero attached hydrogens (tertiary/aromatic N) is 2. The van der Waals surface area contributed by atoms with Crippen LogP contribution in [0.15, 0.2) is 36.5 Å². The standard InChI is InChI=1S/C17H23FN2/c1-13-7-8-16-9-10-17(2,3)20(16)19(13)12-14-5-4-6-15(18)11-14/h4-6,11,16H,1,7-10,12H2,2-3H3. The Kier molecular flexibility index (Phi) is 3.33. The molecule has 0 aliphatic carbocycles. The second kappa shape index (κ2) is 4.88. The van der Waals surface area contributed by atoms with Gasteiger partial charge in [-0.05, 0) is 57.2 Å². The number of hydrogen-bond acceptors (Lipinski definition) is 2. The van der Waals surface area contributed by atoms with Crippen LogP contribution in [0.3, 0.4) is 0 Å². The molecule has 1 aromatic rings. The van der Waals surface area contributed by atoms with Gasteiger partial charge in [0, 0.05) is 17.3 Å². The molecule has 1 atom stereocenters. The summed E-state index contributed by atoms with van der Waals surface area (Å²) >= 11 is 0. The van der Waals surface area contributed by atoms with Crippen LogP contribution in [-0.2, 0) is 6.54 Å². The predicted octanol–water partition coefficient (Wildman–Crippen LogP) is 4.09. The summed E-state index contributed by atoms with van der Waals surface area (Å²) in [5.74, 6) is -0.164. The highest BCUT2D eigenvalue weighted by Gasteiger charge is 2.45. The predicted molar refractivity (Wildman–Crippen MR) is 79.3 cm³/mol. The summed E-state index contributed by atoms with van der Waals surface area (Å²) in [6, 6.07) is 7.51. The van der Waals surface area contributed by atoms with Crippen molar-refractivity contribution in [3.63, 3.8) is 0 Å². The van der Waals surface area contributed by atoms with Gasteiger partial charge in [-0.15, -0.1) is 0 Å². The maximum Gasteiger partial charge on any atom is 0.123 e.